The Balaban J connectivity index is 1.96. The molecular weight excluding hydrogens is 190 g/mol. The molecule has 3 nitrogen and oxygen atoms in total. The van der Waals surface area contributed by atoms with Gasteiger partial charge in [-0.05, 0) is 31.6 Å². The smallest absolute Gasteiger partial charge is 0.226 e. The molecule has 2 aliphatic rings. The van der Waals surface area contributed by atoms with Crippen molar-refractivity contribution >= 4 is 5.91 Å². The molecule has 0 aromatic heterocycles. The van der Waals surface area contributed by atoms with Gasteiger partial charge in [0.15, 0.2) is 0 Å². The van der Waals surface area contributed by atoms with E-state index in [0.717, 1.165) is 45.2 Å². The van der Waals surface area contributed by atoms with Crippen molar-refractivity contribution in [2.45, 2.75) is 38.5 Å². The zero-order valence-corrected chi connectivity index (χ0v) is 9.32. The fourth-order valence-corrected chi connectivity index (χ4v) is 2.92. The Morgan fingerprint density at radius 2 is 1.80 bits per heavy atom. The SMILES string of the molecule is O=C([C@@H]1CCCC[C@H]1CO)N1CCCC1. The Kier molecular flexibility index (Phi) is 3.62. The molecular formula is C12H21NO2. The molecule has 0 spiro atoms. The maximum Gasteiger partial charge on any atom is 0.226 e. The van der Waals surface area contributed by atoms with Crippen LogP contribution in [0.25, 0.3) is 0 Å². The lowest BCUT2D eigenvalue weighted by Crippen LogP contribution is -2.39. The van der Waals surface area contributed by atoms with Crippen molar-refractivity contribution in [3.05, 3.63) is 0 Å². The molecule has 1 aliphatic heterocycles. The zero-order valence-electron chi connectivity index (χ0n) is 9.32. The van der Waals surface area contributed by atoms with Gasteiger partial charge in [-0.3, -0.25) is 4.79 Å². The zero-order chi connectivity index (χ0) is 10.7. The first-order chi connectivity index (χ1) is 7.33. The van der Waals surface area contributed by atoms with E-state index < -0.39 is 0 Å². The van der Waals surface area contributed by atoms with Crippen LogP contribution >= 0.6 is 0 Å². The van der Waals surface area contributed by atoms with Gasteiger partial charge in [0.05, 0.1) is 0 Å². The highest BCUT2D eigenvalue weighted by molar-refractivity contribution is 5.79. The highest BCUT2D eigenvalue weighted by atomic mass is 16.3. The van der Waals surface area contributed by atoms with Crippen LogP contribution in [0.2, 0.25) is 0 Å². The van der Waals surface area contributed by atoms with Crippen molar-refractivity contribution < 1.29 is 9.90 Å². The lowest BCUT2D eigenvalue weighted by atomic mass is 9.79. The molecule has 0 bridgehead atoms. The second-order valence-electron chi connectivity index (χ2n) is 4.87. The minimum atomic E-state index is 0.113. The van der Waals surface area contributed by atoms with Crippen molar-refractivity contribution in [2.75, 3.05) is 19.7 Å². The van der Waals surface area contributed by atoms with Crippen molar-refractivity contribution in [1.29, 1.82) is 0 Å². The van der Waals surface area contributed by atoms with Crippen LogP contribution < -0.4 is 0 Å². The number of carbonyl (C=O) groups is 1. The van der Waals surface area contributed by atoms with E-state index in [1.807, 2.05) is 4.90 Å². The summed E-state index contributed by atoms with van der Waals surface area (Å²) >= 11 is 0. The maximum atomic E-state index is 12.2. The van der Waals surface area contributed by atoms with Gasteiger partial charge in [-0.1, -0.05) is 12.8 Å². The predicted octanol–water partition coefficient (Wildman–Crippen LogP) is 1.41. The molecule has 1 aliphatic carbocycles. The molecule has 2 rings (SSSR count). The molecule has 86 valence electrons. The number of likely N-dealkylation sites (tertiary alicyclic amines) is 1. The average molecular weight is 211 g/mol. The molecule has 2 atom stereocenters. The number of amides is 1. The molecule has 0 radical (unpaired) electrons. The van der Waals surface area contributed by atoms with E-state index in [4.69, 9.17) is 0 Å². The van der Waals surface area contributed by atoms with Gasteiger partial charge in [-0.15, -0.1) is 0 Å². The summed E-state index contributed by atoms with van der Waals surface area (Å²) in [6, 6.07) is 0. The lowest BCUT2D eigenvalue weighted by Gasteiger charge is -2.32. The Morgan fingerprint density at radius 3 is 2.47 bits per heavy atom. The first kappa shape index (κ1) is 10.9. The number of nitrogens with zero attached hydrogens (tertiary/aromatic N) is 1. The van der Waals surface area contributed by atoms with Gasteiger partial charge in [0.25, 0.3) is 0 Å². The minimum Gasteiger partial charge on any atom is -0.396 e. The number of carbonyl (C=O) groups excluding carboxylic acids is 1. The third-order valence-electron chi connectivity index (χ3n) is 3.88. The highest BCUT2D eigenvalue weighted by Crippen LogP contribution is 2.31. The summed E-state index contributed by atoms with van der Waals surface area (Å²) in [6.07, 6.45) is 6.65. The number of aliphatic hydroxyl groups excluding tert-OH is 1. The molecule has 1 amide bonds. The van der Waals surface area contributed by atoms with E-state index in [1.165, 1.54) is 6.42 Å². The summed E-state index contributed by atoms with van der Waals surface area (Å²) in [5, 5.41) is 9.28. The van der Waals surface area contributed by atoms with Gasteiger partial charge in [-0.2, -0.15) is 0 Å². The maximum absolute atomic E-state index is 12.2. The van der Waals surface area contributed by atoms with E-state index in [1.54, 1.807) is 0 Å². The number of hydrogen-bond acceptors (Lipinski definition) is 2. The molecule has 15 heavy (non-hydrogen) atoms. The minimum absolute atomic E-state index is 0.113. The van der Waals surface area contributed by atoms with Gasteiger partial charge in [0, 0.05) is 25.6 Å². The Morgan fingerprint density at radius 1 is 1.13 bits per heavy atom. The molecule has 1 saturated carbocycles. The summed E-state index contributed by atoms with van der Waals surface area (Å²) in [5.41, 5.74) is 0. The van der Waals surface area contributed by atoms with E-state index in [2.05, 4.69) is 0 Å². The molecule has 3 heteroatoms. The monoisotopic (exact) mass is 211 g/mol. The van der Waals surface area contributed by atoms with Crippen LogP contribution in [0.3, 0.4) is 0 Å². The molecule has 2 fully saturated rings. The second kappa shape index (κ2) is 4.97. The number of hydrogen-bond donors (Lipinski definition) is 1. The van der Waals surface area contributed by atoms with Crippen LogP contribution in [0.15, 0.2) is 0 Å². The van der Waals surface area contributed by atoms with Gasteiger partial charge < -0.3 is 10.0 Å². The van der Waals surface area contributed by atoms with Gasteiger partial charge in [0.1, 0.15) is 0 Å². The molecule has 1 heterocycles. The molecule has 1 saturated heterocycles. The normalized spacial score (nSPS) is 31.9. The summed E-state index contributed by atoms with van der Waals surface area (Å²) in [5.74, 6) is 0.653. The topological polar surface area (TPSA) is 40.5 Å². The summed E-state index contributed by atoms with van der Waals surface area (Å²) in [7, 11) is 0. The van der Waals surface area contributed by atoms with Gasteiger partial charge in [-0.25, -0.2) is 0 Å². The number of aliphatic hydroxyl groups is 1. The standard InChI is InChI=1S/C12H21NO2/c14-9-10-5-1-2-6-11(10)12(15)13-7-3-4-8-13/h10-11,14H,1-9H2/t10-,11+/m0/s1. The van der Waals surface area contributed by atoms with Crippen LogP contribution in [-0.2, 0) is 4.79 Å². The Hall–Kier alpha value is -0.570. The quantitative estimate of drug-likeness (QED) is 0.750. The highest BCUT2D eigenvalue weighted by Gasteiger charge is 2.33. The van der Waals surface area contributed by atoms with Crippen molar-refractivity contribution in [1.82, 2.24) is 4.90 Å². The van der Waals surface area contributed by atoms with Crippen LogP contribution in [0.5, 0.6) is 0 Å². The van der Waals surface area contributed by atoms with Crippen molar-refractivity contribution in [3.63, 3.8) is 0 Å². The third-order valence-corrected chi connectivity index (χ3v) is 3.88. The fourth-order valence-electron chi connectivity index (χ4n) is 2.92. The second-order valence-corrected chi connectivity index (χ2v) is 4.87. The van der Waals surface area contributed by atoms with Crippen LogP contribution in [-0.4, -0.2) is 35.6 Å². The van der Waals surface area contributed by atoms with E-state index in [0.29, 0.717) is 5.91 Å². The predicted molar refractivity (Wildman–Crippen MR) is 58.3 cm³/mol. The average Bonchev–Trinajstić information content (AvgIpc) is 2.81. The number of rotatable bonds is 2. The summed E-state index contributed by atoms with van der Waals surface area (Å²) in [4.78, 5) is 14.2. The Labute approximate surface area is 91.5 Å². The summed E-state index contributed by atoms with van der Waals surface area (Å²) < 4.78 is 0. The van der Waals surface area contributed by atoms with E-state index in [9.17, 15) is 9.90 Å². The largest absolute Gasteiger partial charge is 0.396 e. The van der Waals surface area contributed by atoms with Crippen molar-refractivity contribution in [2.24, 2.45) is 11.8 Å². The first-order valence-electron chi connectivity index (χ1n) is 6.22. The molecule has 0 aromatic carbocycles. The Bertz CT molecular complexity index is 224. The molecule has 1 N–H and O–H groups in total. The summed E-state index contributed by atoms with van der Waals surface area (Å²) in [6.45, 7) is 2.06. The van der Waals surface area contributed by atoms with Crippen LogP contribution in [0, 0.1) is 11.8 Å². The first-order valence-corrected chi connectivity index (χ1v) is 6.22. The van der Waals surface area contributed by atoms with Crippen molar-refractivity contribution in [3.8, 4) is 0 Å². The molecule has 0 aromatic rings. The van der Waals surface area contributed by atoms with Crippen LogP contribution in [0.4, 0.5) is 0 Å². The van der Waals surface area contributed by atoms with E-state index >= 15 is 0 Å². The van der Waals surface area contributed by atoms with Gasteiger partial charge >= 0.3 is 0 Å². The lowest BCUT2D eigenvalue weighted by molar-refractivity contribution is -0.138. The van der Waals surface area contributed by atoms with Gasteiger partial charge in [0.2, 0.25) is 5.91 Å². The van der Waals surface area contributed by atoms with E-state index in [-0.39, 0.29) is 18.4 Å². The van der Waals surface area contributed by atoms with Crippen LogP contribution in [0.1, 0.15) is 38.5 Å². The molecule has 0 unspecified atom stereocenters. The third kappa shape index (κ3) is 2.33. The fraction of sp³-hybridized carbons (Fsp3) is 0.917.